The van der Waals surface area contributed by atoms with Crippen molar-refractivity contribution in [3.8, 4) is 0 Å². The second-order valence-electron chi connectivity index (χ2n) is 4.31. The molecule has 4 heteroatoms. The summed E-state index contributed by atoms with van der Waals surface area (Å²) in [6.07, 6.45) is 4.30. The lowest BCUT2D eigenvalue weighted by Gasteiger charge is -2.31. The maximum Gasteiger partial charge on any atom is 0.246 e. The molecular weight excluding hydrogens is 222 g/mol. The van der Waals surface area contributed by atoms with Crippen molar-refractivity contribution >= 4 is 17.7 Å². The van der Waals surface area contributed by atoms with Crippen LogP contribution in [0.5, 0.6) is 0 Å². The van der Waals surface area contributed by atoms with Gasteiger partial charge in [0.25, 0.3) is 0 Å². The largest absolute Gasteiger partial charge is 0.388 e. The van der Waals surface area contributed by atoms with Gasteiger partial charge in [0, 0.05) is 12.1 Å². The molecule has 0 unspecified atom stereocenters. The molecule has 0 aromatic heterocycles. The van der Waals surface area contributed by atoms with Crippen molar-refractivity contribution in [2.24, 2.45) is 0 Å². The van der Waals surface area contributed by atoms with Crippen LogP contribution in [0.15, 0.2) is 11.6 Å². The molecule has 0 radical (unpaired) electrons. The van der Waals surface area contributed by atoms with Gasteiger partial charge in [0.15, 0.2) is 0 Å². The Labute approximate surface area is 102 Å². The first-order chi connectivity index (χ1) is 7.57. The van der Waals surface area contributed by atoms with Crippen LogP contribution in [0, 0.1) is 0 Å². The van der Waals surface area contributed by atoms with E-state index in [0.717, 1.165) is 36.3 Å². The van der Waals surface area contributed by atoms with E-state index in [2.05, 4.69) is 5.32 Å². The molecule has 1 amide bonds. The molecule has 0 aliphatic carbocycles. The number of hydrogen-bond acceptors (Lipinski definition) is 3. The highest BCUT2D eigenvalue weighted by atomic mass is 32.2. The Balaban J connectivity index is 2.38. The Morgan fingerprint density at radius 3 is 2.69 bits per heavy atom. The number of thioether (sulfide) groups is 1. The third kappa shape index (κ3) is 4.18. The van der Waals surface area contributed by atoms with Crippen molar-refractivity contribution in [3.63, 3.8) is 0 Å². The second kappa shape index (κ2) is 6.30. The Morgan fingerprint density at radius 2 is 2.12 bits per heavy atom. The minimum atomic E-state index is -0.687. The molecule has 1 saturated heterocycles. The smallest absolute Gasteiger partial charge is 0.246 e. The molecule has 2 N–H and O–H groups in total. The summed E-state index contributed by atoms with van der Waals surface area (Å²) in [5, 5.41) is 13.0. The van der Waals surface area contributed by atoms with Crippen LogP contribution < -0.4 is 5.32 Å². The third-order valence-corrected chi connectivity index (χ3v) is 3.86. The molecule has 0 saturated carbocycles. The highest BCUT2D eigenvalue weighted by Crippen LogP contribution is 2.26. The average Bonchev–Trinajstić information content (AvgIpc) is 2.27. The van der Waals surface area contributed by atoms with Crippen LogP contribution in [0.2, 0.25) is 0 Å². The molecule has 0 bridgehead atoms. The lowest BCUT2D eigenvalue weighted by atomic mass is 9.97. The molecule has 1 fully saturated rings. The number of amides is 1. The molecule has 92 valence electrons. The van der Waals surface area contributed by atoms with Crippen molar-refractivity contribution in [1.82, 2.24) is 5.32 Å². The fourth-order valence-electron chi connectivity index (χ4n) is 1.71. The van der Waals surface area contributed by atoms with Crippen LogP contribution in [0.4, 0.5) is 0 Å². The Hall–Kier alpha value is -0.480. The number of rotatable bonds is 4. The molecule has 1 aliphatic rings. The molecule has 1 aliphatic heterocycles. The molecule has 1 rings (SSSR count). The predicted molar refractivity (Wildman–Crippen MR) is 68.6 cm³/mol. The normalized spacial score (nSPS) is 20.6. The SMILES string of the molecule is CC/C=C(/C)C(=O)NCC1(O)CCSCC1. The lowest BCUT2D eigenvalue weighted by molar-refractivity contribution is -0.118. The first-order valence-electron chi connectivity index (χ1n) is 5.82. The maximum atomic E-state index is 11.6. The van der Waals surface area contributed by atoms with Crippen LogP contribution in [0.25, 0.3) is 0 Å². The fourth-order valence-corrected chi connectivity index (χ4v) is 2.96. The molecule has 0 atom stereocenters. The van der Waals surface area contributed by atoms with Crippen molar-refractivity contribution in [2.75, 3.05) is 18.1 Å². The number of allylic oxidation sites excluding steroid dienone is 1. The van der Waals surface area contributed by atoms with Gasteiger partial charge in [-0.1, -0.05) is 13.0 Å². The number of aliphatic hydroxyl groups is 1. The van der Waals surface area contributed by atoms with E-state index in [1.54, 1.807) is 6.92 Å². The van der Waals surface area contributed by atoms with E-state index >= 15 is 0 Å². The monoisotopic (exact) mass is 243 g/mol. The Bertz CT molecular complexity index is 270. The summed E-state index contributed by atoms with van der Waals surface area (Å²) in [5.41, 5.74) is 0.0456. The van der Waals surface area contributed by atoms with E-state index in [4.69, 9.17) is 0 Å². The quantitative estimate of drug-likeness (QED) is 0.739. The van der Waals surface area contributed by atoms with E-state index in [1.807, 2.05) is 24.8 Å². The van der Waals surface area contributed by atoms with Gasteiger partial charge in [-0.3, -0.25) is 4.79 Å². The van der Waals surface area contributed by atoms with Gasteiger partial charge in [0.2, 0.25) is 5.91 Å². The summed E-state index contributed by atoms with van der Waals surface area (Å²) in [5.74, 6) is 1.90. The summed E-state index contributed by atoms with van der Waals surface area (Å²) < 4.78 is 0. The minimum absolute atomic E-state index is 0.0616. The zero-order valence-electron chi connectivity index (χ0n) is 10.1. The van der Waals surface area contributed by atoms with Crippen molar-refractivity contribution < 1.29 is 9.90 Å². The zero-order valence-corrected chi connectivity index (χ0v) is 10.9. The summed E-state index contributed by atoms with van der Waals surface area (Å²) >= 11 is 1.86. The van der Waals surface area contributed by atoms with Crippen LogP contribution >= 0.6 is 11.8 Å². The molecular formula is C12H21NO2S. The second-order valence-corrected chi connectivity index (χ2v) is 5.54. The van der Waals surface area contributed by atoms with Gasteiger partial charge >= 0.3 is 0 Å². The molecule has 0 aromatic carbocycles. The highest BCUT2D eigenvalue weighted by molar-refractivity contribution is 7.99. The molecule has 0 aromatic rings. The Kier molecular flexibility index (Phi) is 5.35. The molecule has 0 spiro atoms. The minimum Gasteiger partial charge on any atom is -0.388 e. The van der Waals surface area contributed by atoms with Gasteiger partial charge < -0.3 is 10.4 Å². The topological polar surface area (TPSA) is 49.3 Å². The van der Waals surface area contributed by atoms with Gasteiger partial charge in [-0.2, -0.15) is 11.8 Å². The van der Waals surface area contributed by atoms with E-state index in [0.29, 0.717) is 6.54 Å². The first-order valence-corrected chi connectivity index (χ1v) is 6.98. The third-order valence-electron chi connectivity index (χ3n) is 2.87. The van der Waals surface area contributed by atoms with Gasteiger partial charge in [-0.15, -0.1) is 0 Å². The van der Waals surface area contributed by atoms with E-state index in [1.165, 1.54) is 0 Å². The van der Waals surface area contributed by atoms with Crippen molar-refractivity contribution in [3.05, 3.63) is 11.6 Å². The lowest BCUT2D eigenvalue weighted by Crippen LogP contribution is -2.45. The van der Waals surface area contributed by atoms with Gasteiger partial charge in [-0.25, -0.2) is 0 Å². The van der Waals surface area contributed by atoms with Gasteiger partial charge in [0.05, 0.1) is 5.60 Å². The maximum absolute atomic E-state index is 11.6. The molecule has 3 nitrogen and oxygen atoms in total. The predicted octanol–water partition coefficient (Wildman–Crippen LogP) is 1.72. The van der Waals surface area contributed by atoms with Crippen LogP contribution in [-0.4, -0.2) is 34.7 Å². The Morgan fingerprint density at radius 1 is 1.50 bits per heavy atom. The zero-order chi connectivity index (χ0) is 12.0. The molecule has 16 heavy (non-hydrogen) atoms. The van der Waals surface area contributed by atoms with Crippen LogP contribution in [0.1, 0.15) is 33.1 Å². The fraction of sp³-hybridized carbons (Fsp3) is 0.750. The summed E-state index contributed by atoms with van der Waals surface area (Å²) in [6, 6.07) is 0. The molecule has 1 heterocycles. The van der Waals surface area contributed by atoms with Gasteiger partial charge in [-0.05, 0) is 37.7 Å². The van der Waals surface area contributed by atoms with Crippen LogP contribution in [0.3, 0.4) is 0 Å². The highest BCUT2D eigenvalue weighted by Gasteiger charge is 2.29. The van der Waals surface area contributed by atoms with E-state index in [-0.39, 0.29) is 5.91 Å². The summed E-state index contributed by atoms with van der Waals surface area (Å²) in [6.45, 7) is 4.18. The number of carbonyl (C=O) groups excluding carboxylic acids is 1. The first kappa shape index (κ1) is 13.6. The summed E-state index contributed by atoms with van der Waals surface area (Å²) in [7, 11) is 0. The van der Waals surface area contributed by atoms with E-state index in [9.17, 15) is 9.90 Å². The number of hydrogen-bond donors (Lipinski definition) is 2. The van der Waals surface area contributed by atoms with Crippen molar-refractivity contribution in [1.29, 1.82) is 0 Å². The number of nitrogens with one attached hydrogen (secondary N) is 1. The van der Waals surface area contributed by atoms with E-state index < -0.39 is 5.60 Å². The van der Waals surface area contributed by atoms with Crippen molar-refractivity contribution in [2.45, 2.75) is 38.7 Å². The van der Waals surface area contributed by atoms with Gasteiger partial charge in [0.1, 0.15) is 0 Å². The standard InChI is InChI=1S/C12H21NO2S/c1-3-4-10(2)11(14)13-9-12(15)5-7-16-8-6-12/h4,15H,3,5-9H2,1-2H3,(H,13,14)/b10-4-. The summed E-state index contributed by atoms with van der Waals surface area (Å²) in [4.78, 5) is 11.6. The van der Waals surface area contributed by atoms with Crippen LogP contribution in [-0.2, 0) is 4.79 Å². The average molecular weight is 243 g/mol. The number of carbonyl (C=O) groups is 1.